The fourth-order valence-corrected chi connectivity index (χ4v) is 2.67. The van der Waals surface area contributed by atoms with Gasteiger partial charge < -0.3 is 15.2 Å². The van der Waals surface area contributed by atoms with E-state index in [0.29, 0.717) is 11.4 Å². The van der Waals surface area contributed by atoms with E-state index in [2.05, 4.69) is 9.97 Å². The number of aromatic amines is 1. The Balaban J connectivity index is 2.16. The van der Waals surface area contributed by atoms with Gasteiger partial charge in [-0.3, -0.25) is 14.9 Å². The molecule has 0 fully saturated rings. The summed E-state index contributed by atoms with van der Waals surface area (Å²) in [4.78, 5) is 27.9. The second-order valence-corrected chi connectivity index (χ2v) is 6.01. The molecule has 2 heterocycles. The van der Waals surface area contributed by atoms with Crippen molar-refractivity contribution < 1.29 is 19.9 Å². The fraction of sp³-hybridized carbons (Fsp3) is 0.385. The van der Waals surface area contributed by atoms with Crippen molar-refractivity contribution in [3.05, 3.63) is 34.1 Å². The average Bonchev–Trinajstić information content (AvgIpc) is 2.88. The first-order chi connectivity index (χ1) is 10.4. The number of pyridine rings is 1. The summed E-state index contributed by atoms with van der Waals surface area (Å²) < 4.78 is 0. The molecule has 22 heavy (non-hydrogen) atoms. The van der Waals surface area contributed by atoms with Crippen molar-refractivity contribution in [2.75, 3.05) is 5.75 Å². The third-order valence-corrected chi connectivity index (χ3v) is 4.00. The number of nitrogens with zero attached hydrogens (tertiary/aromatic N) is 2. The van der Waals surface area contributed by atoms with Crippen molar-refractivity contribution in [2.24, 2.45) is 0 Å². The number of aliphatic hydroxyl groups is 2. The van der Waals surface area contributed by atoms with E-state index in [4.69, 9.17) is 0 Å². The van der Waals surface area contributed by atoms with Crippen molar-refractivity contribution in [3.63, 3.8) is 0 Å². The van der Waals surface area contributed by atoms with Gasteiger partial charge >= 0.3 is 0 Å². The highest BCUT2D eigenvalue weighted by Gasteiger charge is 2.22. The SMILES string of the molecule is CC(=O)SCCC(O)C(O)c1cnc2[nH]cc([N+](=O)[O-])c2c1. The highest BCUT2D eigenvalue weighted by molar-refractivity contribution is 8.13. The molecule has 0 amide bonds. The molecule has 3 N–H and O–H groups in total. The molecule has 118 valence electrons. The molecule has 9 heteroatoms. The molecule has 8 nitrogen and oxygen atoms in total. The quantitative estimate of drug-likeness (QED) is 0.542. The molecule has 0 bridgehead atoms. The van der Waals surface area contributed by atoms with Crippen LogP contribution in [0.5, 0.6) is 0 Å². The second kappa shape index (κ2) is 6.86. The maximum absolute atomic E-state index is 10.9. The van der Waals surface area contributed by atoms with E-state index >= 15 is 0 Å². The van der Waals surface area contributed by atoms with Crippen LogP contribution in [0.25, 0.3) is 11.0 Å². The summed E-state index contributed by atoms with van der Waals surface area (Å²) in [5.74, 6) is 0.382. The Morgan fingerprint density at radius 3 is 2.91 bits per heavy atom. The number of rotatable bonds is 6. The smallest absolute Gasteiger partial charge is 0.296 e. The Hall–Kier alpha value is -1.97. The van der Waals surface area contributed by atoms with E-state index in [1.54, 1.807) is 0 Å². The first-order valence-corrected chi connectivity index (χ1v) is 7.49. The molecule has 0 aliphatic carbocycles. The van der Waals surface area contributed by atoms with Crippen LogP contribution in [0.3, 0.4) is 0 Å². The second-order valence-electron chi connectivity index (χ2n) is 4.74. The van der Waals surface area contributed by atoms with E-state index < -0.39 is 17.1 Å². The summed E-state index contributed by atoms with van der Waals surface area (Å²) in [6, 6.07) is 1.43. The number of hydrogen-bond donors (Lipinski definition) is 3. The molecular formula is C13H15N3O5S. The van der Waals surface area contributed by atoms with Gasteiger partial charge in [0, 0.05) is 24.4 Å². The molecule has 2 aromatic rings. The maximum Gasteiger partial charge on any atom is 0.296 e. The Kier molecular flexibility index (Phi) is 5.11. The van der Waals surface area contributed by atoms with Crippen LogP contribution in [-0.2, 0) is 4.79 Å². The van der Waals surface area contributed by atoms with Crippen LogP contribution in [0, 0.1) is 10.1 Å². The number of hydrogen-bond acceptors (Lipinski definition) is 7. The summed E-state index contributed by atoms with van der Waals surface area (Å²) in [6.45, 7) is 1.43. The topological polar surface area (TPSA) is 129 Å². The number of thioether (sulfide) groups is 1. The molecule has 2 atom stereocenters. The first-order valence-electron chi connectivity index (χ1n) is 6.51. The van der Waals surface area contributed by atoms with Crippen LogP contribution in [0.4, 0.5) is 5.69 Å². The molecule has 2 aromatic heterocycles. The van der Waals surface area contributed by atoms with Gasteiger partial charge in [-0.25, -0.2) is 4.98 Å². The van der Waals surface area contributed by atoms with Gasteiger partial charge in [0.25, 0.3) is 5.69 Å². The minimum Gasteiger partial charge on any atom is -0.390 e. The van der Waals surface area contributed by atoms with E-state index in [-0.39, 0.29) is 28.2 Å². The van der Waals surface area contributed by atoms with Crippen LogP contribution in [0.15, 0.2) is 18.5 Å². The standard InChI is InChI=1S/C13H15N3O5S/c1-7(17)22-3-2-11(18)12(19)8-4-9-10(16(20)21)6-15-13(9)14-5-8/h4-6,11-12,18-19H,2-3H2,1H3,(H,14,15). The molecule has 0 radical (unpaired) electrons. The van der Waals surface area contributed by atoms with Crippen molar-refractivity contribution in [1.29, 1.82) is 0 Å². The van der Waals surface area contributed by atoms with Crippen molar-refractivity contribution >= 4 is 33.6 Å². The summed E-state index contributed by atoms with van der Waals surface area (Å²) in [6.07, 6.45) is 0.504. The summed E-state index contributed by atoms with van der Waals surface area (Å²) in [5.41, 5.74) is 0.484. The predicted molar refractivity (Wildman–Crippen MR) is 81.5 cm³/mol. The molecular weight excluding hydrogens is 310 g/mol. The van der Waals surface area contributed by atoms with Gasteiger partial charge in [-0.15, -0.1) is 0 Å². The molecule has 0 aliphatic heterocycles. The lowest BCUT2D eigenvalue weighted by atomic mass is 10.0. The maximum atomic E-state index is 10.9. The lowest BCUT2D eigenvalue weighted by Gasteiger charge is -2.17. The molecule has 0 aliphatic rings. The fourth-order valence-electron chi connectivity index (χ4n) is 2.02. The minimum atomic E-state index is -1.22. The van der Waals surface area contributed by atoms with Crippen LogP contribution in [-0.4, -0.2) is 42.1 Å². The molecule has 0 saturated carbocycles. The third-order valence-electron chi connectivity index (χ3n) is 3.15. The molecule has 0 saturated heterocycles. The largest absolute Gasteiger partial charge is 0.390 e. The highest BCUT2D eigenvalue weighted by atomic mass is 32.2. The summed E-state index contributed by atoms with van der Waals surface area (Å²) in [7, 11) is 0. The molecule has 2 unspecified atom stereocenters. The number of aliphatic hydroxyl groups excluding tert-OH is 2. The van der Waals surface area contributed by atoms with Crippen molar-refractivity contribution in [2.45, 2.75) is 25.6 Å². The number of H-pyrrole nitrogens is 1. The van der Waals surface area contributed by atoms with Gasteiger partial charge in [0.2, 0.25) is 0 Å². The highest BCUT2D eigenvalue weighted by Crippen LogP contribution is 2.28. The zero-order valence-electron chi connectivity index (χ0n) is 11.7. The average molecular weight is 325 g/mol. The van der Waals surface area contributed by atoms with Crippen molar-refractivity contribution in [3.8, 4) is 0 Å². The van der Waals surface area contributed by atoms with Crippen LogP contribution in [0.2, 0.25) is 0 Å². The zero-order chi connectivity index (χ0) is 16.3. The van der Waals surface area contributed by atoms with Crippen LogP contribution >= 0.6 is 11.8 Å². The number of carbonyl (C=O) groups is 1. The summed E-state index contributed by atoms with van der Waals surface area (Å²) >= 11 is 1.06. The first kappa shape index (κ1) is 16.4. The lowest BCUT2D eigenvalue weighted by Crippen LogP contribution is -2.19. The van der Waals surface area contributed by atoms with E-state index in [1.165, 1.54) is 25.4 Å². The van der Waals surface area contributed by atoms with Gasteiger partial charge in [0.15, 0.2) is 5.12 Å². The van der Waals surface area contributed by atoms with Crippen LogP contribution < -0.4 is 0 Å². The Labute approximate surface area is 129 Å². The van der Waals surface area contributed by atoms with Crippen LogP contribution in [0.1, 0.15) is 25.0 Å². The minimum absolute atomic E-state index is 0.0623. The zero-order valence-corrected chi connectivity index (χ0v) is 12.5. The molecule has 0 aromatic carbocycles. The molecule has 0 spiro atoms. The molecule has 2 rings (SSSR count). The number of nitro groups is 1. The van der Waals surface area contributed by atoms with Gasteiger partial charge in [-0.05, 0) is 12.5 Å². The lowest BCUT2D eigenvalue weighted by molar-refractivity contribution is -0.383. The van der Waals surface area contributed by atoms with Gasteiger partial charge in [0.05, 0.1) is 22.6 Å². The number of aromatic nitrogens is 2. The van der Waals surface area contributed by atoms with Gasteiger partial charge in [-0.1, -0.05) is 11.8 Å². The van der Waals surface area contributed by atoms with Gasteiger partial charge in [-0.2, -0.15) is 0 Å². The third kappa shape index (κ3) is 3.62. The number of fused-ring (bicyclic) bond motifs is 1. The Morgan fingerprint density at radius 1 is 1.55 bits per heavy atom. The van der Waals surface area contributed by atoms with E-state index in [0.717, 1.165) is 11.8 Å². The van der Waals surface area contributed by atoms with Crippen molar-refractivity contribution in [1.82, 2.24) is 9.97 Å². The summed E-state index contributed by atoms with van der Waals surface area (Å²) in [5, 5.41) is 31.2. The number of carbonyl (C=O) groups excluding carboxylic acids is 1. The van der Waals surface area contributed by atoms with E-state index in [1.807, 2.05) is 0 Å². The monoisotopic (exact) mass is 325 g/mol. The Morgan fingerprint density at radius 2 is 2.27 bits per heavy atom. The van der Waals surface area contributed by atoms with Gasteiger partial charge in [0.1, 0.15) is 11.8 Å². The Bertz CT molecular complexity index is 702. The normalized spacial score (nSPS) is 14.0. The number of nitrogens with one attached hydrogen (secondary N) is 1. The van der Waals surface area contributed by atoms with E-state index in [9.17, 15) is 25.1 Å². The predicted octanol–water partition coefficient (Wildman–Crippen LogP) is 1.54.